The van der Waals surface area contributed by atoms with Crippen molar-refractivity contribution in [2.24, 2.45) is 0 Å². The maximum absolute atomic E-state index is 11.2. The molecule has 1 aliphatic heterocycles. The molecule has 4 nitrogen and oxygen atoms in total. The molecule has 0 amide bonds. The summed E-state index contributed by atoms with van der Waals surface area (Å²) in [4.78, 5) is 11.2. The van der Waals surface area contributed by atoms with Gasteiger partial charge in [-0.2, -0.15) is 0 Å². The summed E-state index contributed by atoms with van der Waals surface area (Å²) >= 11 is 0. The molecule has 1 fully saturated rings. The zero-order valence-electron chi connectivity index (χ0n) is 11.3. The largest absolute Gasteiger partial charge is 0.466 e. The third-order valence-corrected chi connectivity index (χ3v) is 3.38. The second-order valence-corrected chi connectivity index (χ2v) is 4.78. The average molecular weight is 240 g/mol. The Morgan fingerprint density at radius 2 is 2.00 bits per heavy atom. The Hall–Kier alpha value is -0.870. The smallest absolute Gasteiger partial charge is 0.333 e. The van der Waals surface area contributed by atoms with Crippen LogP contribution in [-0.4, -0.2) is 36.7 Å². The number of hydrogen-bond acceptors (Lipinski definition) is 4. The Balaban J connectivity index is 2.41. The van der Waals surface area contributed by atoms with Gasteiger partial charge in [-0.15, -0.1) is 0 Å². The Morgan fingerprint density at radius 3 is 2.53 bits per heavy atom. The van der Waals surface area contributed by atoms with E-state index in [1.165, 1.54) is 26.4 Å². The average Bonchev–Trinajstić information content (AvgIpc) is 2.31. The van der Waals surface area contributed by atoms with E-state index in [0.29, 0.717) is 24.2 Å². The zero-order valence-corrected chi connectivity index (χ0v) is 11.3. The van der Waals surface area contributed by atoms with Crippen molar-refractivity contribution in [3.63, 3.8) is 0 Å². The summed E-state index contributed by atoms with van der Waals surface area (Å²) in [5, 5.41) is 2.30. The molecule has 0 bridgehead atoms. The number of nitrogens with one attached hydrogen (secondary N) is 1. The lowest BCUT2D eigenvalue weighted by atomic mass is 10.00. The van der Waals surface area contributed by atoms with Crippen LogP contribution >= 0.6 is 0 Å². The van der Waals surface area contributed by atoms with E-state index in [2.05, 4.69) is 29.0 Å². The fourth-order valence-electron chi connectivity index (χ4n) is 2.28. The van der Waals surface area contributed by atoms with Gasteiger partial charge in [0.05, 0.1) is 7.11 Å². The van der Waals surface area contributed by atoms with Crippen molar-refractivity contribution in [1.82, 2.24) is 10.4 Å². The van der Waals surface area contributed by atoms with Crippen LogP contribution in [0.15, 0.2) is 11.6 Å². The molecular formula is C13H24N2O2. The molecule has 1 saturated heterocycles. The first-order valence-corrected chi connectivity index (χ1v) is 6.33. The van der Waals surface area contributed by atoms with Crippen LogP contribution in [0.1, 0.15) is 40.0 Å². The molecule has 1 heterocycles. The molecule has 98 valence electrons. The number of methoxy groups -OCH3 is 1. The summed E-state index contributed by atoms with van der Waals surface area (Å²) in [6.07, 6.45) is 5.64. The summed E-state index contributed by atoms with van der Waals surface area (Å²) in [7, 11) is 1.40. The summed E-state index contributed by atoms with van der Waals surface area (Å²) in [6.45, 7) is 6.92. The van der Waals surface area contributed by atoms with Crippen LogP contribution in [0, 0.1) is 0 Å². The number of hydrazine groups is 1. The van der Waals surface area contributed by atoms with Crippen LogP contribution in [0.5, 0.6) is 0 Å². The maximum Gasteiger partial charge on any atom is 0.333 e. The van der Waals surface area contributed by atoms with E-state index in [1.807, 2.05) is 6.08 Å². The predicted octanol–water partition coefficient (Wildman–Crippen LogP) is 1.87. The number of rotatable bonds is 4. The van der Waals surface area contributed by atoms with Crippen LogP contribution in [-0.2, 0) is 9.53 Å². The van der Waals surface area contributed by atoms with Crippen molar-refractivity contribution >= 4 is 5.97 Å². The molecule has 0 radical (unpaired) electrons. The molecule has 1 rings (SSSR count). The Labute approximate surface area is 104 Å². The molecule has 0 aliphatic carbocycles. The number of carbonyl (C=O) groups excluding carboxylic acids is 1. The molecule has 17 heavy (non-hydrogen) atoms. The first kappa shape index (κ1) is 14.2. The molecule has 0 aromatic rings. The second kappa shape index (κ2) is 6.77. The molecule has 0 aromatic carbocycles. The van der Waals surface area contributed by atoms with E-state index >= 15 is 0 Å². The molecule has 0 saturated carbocycles. The van der Waals surface area contributed by atoms with Gasteiger partial charge in [-0.1, -0.05) is 12.5 Å². The normalized spacial score (nSPS) is 26.9. The van der Waals surface area contributed by atoms with Gasteiger partial charge in [0.1, 0.15) is 0 Å². The van der Waals surface area contributed by atoms with Gasteiger partial charge >= 0.3 is 5.97 Å². The molecule has 0 spiro atoms. The first-order valence-electron chi connectivity index (χ1n) is 6.33. The Morgan fingerprint density at radius 1 is 1.41 bits per heavy atom. The van der Waals surface area contributed by atoms with Crippen LogP contribution in [0.4, 0.5) is 0 Å². The summed E-state index contributed by atoms with van der Waals surface area (Å²) in [6, 6.07) is 1.12. The minimum absolute atomic E-state index is 0.258. The monoisotopic (exact) mass is 240 g/mol. The van der Waals surface area contributed by atoms with Gasteiger partial charge in [-0.05, 0) is 33.6 Å². The lowest BCUT2D eigenvalue weighted by Crippen LogP contribution is -2.52. The fraction of sp³-hybridized carbons (Fsp3) is 0.769. The van der Waals surface area contributed by atoms with E-state index in [0.717, 1.165) is 0 Å². The number of hydrogen-bond donors (Lipinski definition) is 1. The molecule has 0 aromatic heterocycles. The fourth-order valence-corrected chi connectivity index (χ4v) is 2.28. The number of carbonyl (C=O) groups is 1. The van der Waals surface area contributed by atoms with Gasteiger partial charge < -0.3 is 4.74 Å². The predicted molar refractivity (Wildman–Crippen MR) is 68.4 cm³/mol. The third kappa shape index (κ3) is 4.13. The highest BCUT2D eigenvalue weighted by Crippen LogP contribution is 2.19. The van der Waals surface area contributed by atoms with Gasteiger partial charge in [0, 0.05) is 24.2 Å². The van der Waals surface area contributed by atoms with Crippen molar-refractivity contribution in [1.29, 1.82) is 0 Å². The molecule has 1 N–H and O–H groups in total. The van der Waals surface area contributed by atoms with Crippen LogP contribution in [0.2, 0.25) is 0 Å². The topological polar surface area (TPSA) is 41.6 Å². The van der Waals surface area contributed by atoms with Gasteiger partial charge in [-0.3, -0.25) is 5.43 Å². The highest BCUT2D eigenvalue weighted by atomic mass is 16.5. The second-order valence-electron chi connectivity index (χ2n) is 4.78. The van der Waals surface area contributed by atoms with Gasteiger partial charge in [0.25, 0.3) is 0 Å². The number of piperidine rings is 1. The molecule has 2 atom stereocenters. The quantitative estimate of drug-likeness (QED) is 0.602. The number of ether oxygens (including phenoxy) is 1. The molecule has 4 heteroatoms. The summed E-state index contributed by atoms with van der Waals surface area (Å²) < 4.78 is 4.65. The minimum Gasteiger partial charge on any atom is -0.466 e. The van der Waals surface area contributed by atoms with Crippen molar-refractivity contribution < 1.29 is 9.53 Å². The SMILES string of the molecule is COC(=O)C(C)=CCNN1C(C)CCCC1C. The minimum atomic E-state index is -0.258. The van der Waals surface area contributed by atoms with Crippen molar-refractivity contribution in [3.05, 3.63) is 11.6 Å². The summed E-state index contributed by atoms with van der Waals surface area (Å²) in [5.41, 5.74) is 4.03. The van der Waals surface area contributed by atoms with Crippen LogP contribution in [0.3, 0.4) is 0 Å². The van der Waals surface area contributed by atoms with Gasteiger partial charge in [-0.25, -0.2) is 9.80 Å². The lowest BCUT2D eigenvalue weighted by molar-refractivity contribution is -0.136. The van der Waals surface area contributed by atoms with Gasteiger partial charge in [0.15, 0.2) is 0 Å². The third-order valence-electron chi connectivity index (χ3n) is 3.38. The lowest BCUT2D eigenvalue weighted by Gasteiger charge is -2.38. The van der Waals surface area contributed by atoms with Gasteiger partial charge in [0.2, 0.25) is 0 Å². The molecule has 1 aliphatic rings. The number of nitrogens with zero attached hydrogens (tertiary/aromatic N) is 1. The van der Waals surface area contributed by atoms with E-state index in [1.54, 1.807) is 6.92 Å². The summed E-state index contributed by atoms with van der Waals surface area (Å²) in [5.74, 6) is -0.258. The van der Waals surface area contributed by atoms with E-state index < -0.39 is 0 Å². The standard InChI is InChI=1S/C13H24N2O2/c1-10(13(16)17-4)8-9-14-15-11(2)6-5-7-12(15)3/h8,11-12,14H,5-7,9H2,1-4H3. The van der Waals surface area contributed by atoms with Crippen molar-refractivity contribution in [3.8, 4) is 0 Å². The highest BCUT2D eigenvalue weighted by Gasteiger charge is 2.23. The van der Waals surface area contributed by atoms with E-state index in [9.17, 15) is 4.79 Å². The van der Waals surface area contributed by atoms with E-state index in [-0.39, 0.29) is 5.97 Å². The highest BCUT2D eigenvalue weighted by molar-refractivity contribution is 5.87. The first-order chi connectivity index (χ1) is 8.06. The molecular weight excluding hydrogens is 216 g/mol. The van der Waals surface area contributed by atoms with Crippen molar-refractivity contribution in [2.45, 2.75) is 52.1 Å². The zero-order chi connectivity index (χ0) is 12.8. The van der Waals surface area contributed by atoms with Crippen molar-refractivity contribution in [2.75, 3.05) is 13.7 Å². The van der Waals surface area contributed by atoms with Crippen LogP contribution in [0.25, 0.3) is 0 Å². The van der Waals surface area contributed by atoms with E-state index in [4.69, 9.17) is 0 Å². The number of esters is 1. The maximum atomic E-state index is 11.2. The molecule has 2 unspecified atom stereocenters. The Kier molecular flexibility index (Phi) is 5.65. The Bertz CT molecular complexity index is 279. The van der Waals surface area contributed by atoms with Crippen LogP contribution < -0.4 is 5.43 Å².